The van der Waals surface area contributed by atoms with Gasteiger partial charge in [0.2, 0.25) is 0 Å². The highest BCUT2D eigenvalue weighted by atomic mass is 32.2. The van der Waals surface area contributed by atoms with Gasteiger partial charge in [-0.3, -0.25) is 4.79 Å². The quantitative estimate of drug-likeness (QED) is 0.141. The fourth-order valence-corrected chi connectivity index (χ4v) is 5.31. The zero-order valence-corrected chi connectivity index (χ0v) is 21.9. The average Bonchev–Trinajstić information content (AvgIpc) is 3.39. The average molecular weight is 593 g/mol. The number of nitrogens with one attached hydrogen (secondary N) is 1. The van der Waals surface area contributed by atoms with Gasteiger partial charge in [0.1, 0.15) is 16.7 Å². The number of rotatable bonds is 6. The lowest BCUT2D eigenvalue weighted by atomic mass is 10.0. The minimum atomic E-state index is -5.02. The molecule has 1 fully saturated rings. The highest BCUT2D eigenvalue weighted by molar-refractivity contribution is 8.26. The molecule has 4 nitrogen and oxygen atoms in total. The molecule has 0 unspecified atom stereocenters. The molecule has 0 bridgehead atoms. The number of alkyl halides is 6. The maximum Gasteiger partial charge on any atom is 0.416 e. The Morgan fingerprint density at radius 2 is 1.68 bits per heavy atom. The van der Waals surface area contributed by atoms with Gasteiger partial charge in [0, 0.05) is 23.1 Å². The van der Waals surface area contributed by atoms with Crippen LogP contribution in [0.3, 0.4) is 0 Å². The molecule has 2 heterocycles. The third-order valence-electron chi connectivity index (χ3n) is 6.15. The Balaban J connectivity index is 1.58. The molecule has 0 radical (unpaired) electrons. The number of hydrogen-bond acceptors (Lipinski definition) is 4. The maximum atomic E-state index is 13.9. The summed E-state index contributed by atoms with van der Waals surface area (Å²) in [5, 5.41) is 3.08. The van der Waals surface area contributed by atoms with Crippen molar-refractivity contribution < 1.29 is 35.9 Å². The number of ether oxygens (including phenoxy) is 1. The van der Waals surface area contributed by atoms with Gasteiger partial charge < -0.3 is 14.6 Å². The van der Waals surface area contributed by atoms with E-state index in [1.165, 1.54) is 10.6 Å². The summed E-state index contributed by atoms with van der Waals surface area (Å²) in [5.41, 5.74) is -1.34. The maximum absolute atomic E-state index is 13.9. The van der Waals surface area contributed by atoms with E-state index in [4.69, 9.17) is 17.0 Å². The fourth-order valence-electron chi connectivity index (χ4n) is 4.28. The number of halogens is 6. The van der Waals surface area contributed by atoms with Gasteiger partial charge >= 0.3 is 12.4 Å². The zero-order valence-electron chi connectivity index (χ0n) is 20.3. The van der Waals surface area contributed by atoms with Crippen LogP contribution >= 0.6 is 24.0 Å². The molecule has 206 valence electrons. The molecule has 1 aromatic heterocycles. The van der Waals surface area contributed by atoms with Crippen LogP contribution in [0.4, 0.5) is 26.3 Å². The number of thiocarbonyl (C=S) groups is 1. The van der Waals surface area contributed by atoms with Crippen LogP contribution in [0.1, 0.15) is 27.9 Å². The third kappa shape index (κ3) is 6.02. The van der Waals surface area contributed by atoms with Crippen LogP contribution in [0.5, 0.6) is 5.75 Å². The first kappa shape index (κ1) is 27.8. The first-order chi connectivity index (χ1) is 18.9. The molecule has 1 amide bonds. The lowest BCUT2D eigenvalue weighted by molar-refractivity contribution is -0.143. The summed E-state index contributed by atoms with van der Waals surface area (Å²) in [6.07, 6.45) is -8.47. The predicted molar refractivity (Wildman–Crippen MR) is 145 cm³/mol. The number of thioether (sulfide) groups is 1. The molecule has 4 aromatic rings. The Kier molecular flexibility index (Phi) is 7.40. The number of carbonyl (C=O) groups is 1. The van der Waals surface area contributed by atoms with Crippen molar-refractivity contribution in [1.82, 2.24) is 9.88 Å². The minimum Gasteiger partial charge on any atom is -0.489 e. The Morgan fingerprint density at radius 3 is 2.33 bits per heavy atom. The Morgan fingerprint density at radius 1 is 0.925 bits per heavy atom. The number of nitrogens with zero attached hydrogens (tertiary/aromatic N) is 1. The third-order valence-corrected chi connectivity index (χ3v) is 7.31. The molecule has 3 aromatic carbocycles. The molecule has 12 heteroatoms. The summed E-state index contributed by atoms with van der Waals surface area (Å²) in [6, 6.07) is 17.7. The molecule has 1 aliphatic rings. The summed E-state index contributed by atoms with van der Waals surface area (Å²) in [4.78, 5) is 12.5. The number of benzene rings is 3. The highest BCUT2D eigenvalue weighted by Gasteiger charge is 2.38. The van der Waals surface area contributed by atoms with Gasteiger partial charge in [0.25, 0.3) is 5.91 Å². The van der Waals surface area contributed by atoms with Crippen LogP contribution in [-0.4, -0.2) is 14.8 Å². The van der Waals surface area contributed by atoms with Crippen molar-refractivity contribution in [1.29, 1.82) is 0 Å². The van der Waals surface area contributed by atoms with Gasteiger partial charge in [-0.1, -0.05) is 60.4 Å². The largest absolute Gasteiger partial charge is 0.489 e. The van der Waals surface area contributed by atoms with E-state index < -0.39 is 35.9 Å². The van der Waals surface area contributed by atoms with Gasteiger partial charge in [-0.15, -0.1) is 0 Å². The monoisotopic (exact) mass is 592 g/mol. The van der Waals surface area contributed by atoms with Crippen molar-refractivity contribution in [3.05, 3.63) is 106 Å². The molecule has 0 atom stereocenters. The van der Waals surface area contributed by atoms with E-state index in [1.807, 2.05) is 30.3 Å². The Hall–Kier alpha value is -3.77. The summed E-state index contributed by atoms with van der Waals surface area (Å²) in [6.45, 7) is -0.116. The predicted octanol–water partition coefficient (Wildman–Crippen LogP) is 7.80. The van der Waals surface area contributed by atoms with Crippen molar-refractivity contribution in [2.24, 2.45) is 0 Å². The van der Waals surface area contributed by atoms with E-state index in [0.29, 0.717) is 35.0 Å². The summed E-state index contributed by atoms with van der Waals surface area (Å²) < 4.78 is 88.9. The van der Waals surface area contributed by atoms with Crippen LogP contribution < -0.4 is 10.1 Å². The molecular formula is C28H18F6N2O2S2. The number of carbonyl (C=O) groups excluding carboxylic acids is 1. The molecule has 1 saturated heterocycles. The lowest BCUT2D eigenvalue weighted by Crippen LogP contribution is -2.17. The summed E-state index contributed by atoms with van der Waals surface area (Å²) in [5.74, 6) is 0.0524. The van der Waals surface area contributed by atoms with Crippen LogP contribution in [0.2, 0.25) is 0 Å². The van der Waals surface area contributed by atoms with E-state index in [1.54, 1.807) is 24.3 Å². The number of fused-ring (bicyclic) bond motifs is 1. The van der Waals surface area contributed by atoms with Gasteiger partial charge in [-0.2, -0.15) is 26.3 Å². The number of hydrogen-bond donors (Lipinski definition) is 1. The zero-order chi connectivity index (χ0) is 28.7. The van der Waals surface area contributed by atoms with Crippen molar-refractivity contribution in [2.75, 3.05) is 0 Å². The number of aromatic nitrogens is 1. The van der Waals surface area contributed by atoms with Gasteiger partial charge in [0.05, 0.1) is 16.0 Å². The molecule has 0 aliphatic carbocycles. The molecular weight excluding hydrogens is 574 g/mol. The standard InChI is InChI=1S/C28H18F6N2O2S2/c29-27(30,31)19-7-6-17(22(12-19)28(32,33)34)14-36-20(13-24-25(37)35-26(39)40-24)10-18-11-21(8-9-23(18)36)38-15-16-4-2-1-3-5-16/h1-13H,14-15H2,(H,35,37,39). The highest BCUT2D eigenvalue weighted by Crippen LogP contribution is 2.39. The summed E-state index contributed by atoms with van der Waals surface area (Å²) in [7, 11) is 0. The van der Waals surface area contributed by atoms with E-state index in [-0.39, 0.29) is 20.9 Å². The van der Waals surface area contributed by atoms with E-state index in [9.17, 15) is 31.1 Å². The first-order valence-electron chi connectivity index (χ1n) is 11.7. The molecule has 0 saturated carbocycles. The molecule has 1 N–H and O–H groups in total. The summed E-state index contributed by atoms with van der Waals surface area (Å²) >= 11 is 6.03. The van der Waals surface area contributed by atoms with Crippen molar-refractivity contribution in [3.8, 4) is 5.75 Å². The first-order valence-corrected chi connectivity index (χ1v) is 12.9. The molecule has 1 aliphatic heterocycles. The van der Waals surface area contributed by atoms with E-state index >= 15 is 0 Å². The minimum absolute atomic E-state index is 0.118. The molecule has 0 spiro atoms. The normalized spacial score (nSPS) is 15.2. The second-order valence-corrected chi connectivity index (χ2v) is 10.6. The van der Waals surface area contributed by atoms with Crippen molar-refractivity contribution in [3.63, 3.8) is 0 Å². The van der Waals surface area contributed by atoms with Crippen LogP contribution in [0, 0.1) is 0 Å². The smallest absolute Gasteiger partial charge is 0.416 e. The van der Waals surface area contributed by atoms with Crippen LogP contribution in [0.15, 0.2) is 77.7 Å². The van der Waals surface area contributed by atoms with Crippen LogP contribution in [-0.2, 0) is 30.3 Å². The van der Waals surface area contributed by atoms with Gasteiger partial charge in [-0.25, -0.2) is 0 Å². The lowest BCUT2D eigenvalue weighted by Gasteiger charge is -2.18. The fraction of sp³-hybridized carbons (Fsp3) is 0.143. The van der Waals surface area contributed by atoms with E-state index in [2.05, 4.69) is 5.32 Å². The van der Waals surface area contributed by atoms with Crippen LogP contribution in [0.25, 0.3) is 17.0 Å². The van der Waals surface area contributed by atoms with Gasteiger partial charge in [0.15, 0.2) is 0 Å². The van der Waals surface area contributed by atoms with E-state index in [0.717, 1.165) is 23.4 Å². The van der Waals surface area contributed by atoms with Crippen molar-refractivity contribution >= 4 is 51.2 Å². The van der Waals surface area contributed by atoms with Crippen molar-refractivity contribution in [2.45, 2.75) is 25.5 Å². The van der Waals surface area contributed by atoms with Gasteiger partial charge in [-0.05, 0) is 53.6 Å². The number of amides is 1. The Labute approximate surface area is 233 Å². The SMILES string of the molecule is O=C1NC(=S)SC1=Cc1cc2cc(OCc3ccccc3)ccc2n1Cc1ccc(C(F)(F)F)cc1C(F)(F)F. The molecule has 5 rings (SSSR count). The molecule has 40 heavy (non-hydrogen) atoms. The second kappa shape index (κ2) is 10.7. The Bertz CT molecular complexity index is 1640. The second-order valence-electron chi connectivity index (χ2n) is 8.87. The topological polar surface area (TPSA) is 43.3 Å².